The summed E-state index contributed by atoms with van der Waals surface area (Å²) in [4.78, 5) is 0. The van der Waals surface area contributed by atoms with Crippen molar-refractivity contribution in [1.29, 1.82) is 0 Å². The Bertz CT molecular complexity index is 455. The molecule has 0 aromatic rings. The molecule has 2 bridgehead atoms. The van der Waals surface area contributed by atoms with Gasteiger partial charge in [0.15, 0.2) is 6.67 Å². The average molecular weight is 501 g/mol. The lowest BCUT2D eigenvalue weighted by Crippen LogP contribution is -2.58. The van der Waals surface area contributed by atoms with Crippen LogP contribution in [0.25, 0.3) is 0 Å². The maximum atomic E-state index is 12.7. The summed E-state index contributed by atoms with van der Waals surface area (Å²) in [5.74, 6) is -3.35. The number of alkyl halides is 10. The molecule has 0 aromatic heterocycles. The van der Waals surface area contributed by atoms with Crippen molar-refractivity contribution in [3.05, 3.63) is 0 Å². The molecule has 11 heteroatoms. The van der Waals surface area contributed by atoms with Crippen LogP contribution in [-0.2, 0) is 0 Å². The Morgan fingerprint density at radius 1 is 0.750 bits per heavy atom. The molecule has 0 spiro atoms. The SMILES string of the molecule is C.C.C.C.CC(F)(F)CF.CC1C2CC(CC(O)(C(F)(F)F)C(F)(F)F)C(C2)C1C.CF. The summed E-state index contributed by atoms with van der Waals surface area (Å²) in [5.41, 5.74) is -4.59. The fourth-order valence-corrected chi connectivity index (χ4v) is 4.10. The Balaban J connectivity index is -0.000000178. The second-order valence-electron chi connectivity index (χ2n) is 7.64. The van der Waals surface area contributed by atoms with Crippen molar-refractivity contribution in [3.63, 3.8) is 0 Å². The highest BCUT2D eigenvalue weighted by molar-refractivity contribution is 5.03. The zero-order valence-electron chi connectivity index (χ0n) is 15.9. The van der Waals surface area contributed by atoms with Crippen molar-refractivity contribution >= 4 is 0 Å². The molecule has 2 fully saturated rings. The fraction of sp³-hybridized carbons (Fsp3) is 1.00. The van der Waals surface area contributed by atoms with Crippen LogP contribution >= 0.6 is 0 Å². The van der Waals surface area contributed by atoms with E-state index in [9.17, 15) is 49.0 Å². The monoisotopic (exact) mass is 500 g/mol. The number of aliphatic hydroxyl groups is 1. The number of hydrogen-bond acceptors (Lipinski definition) is 1. The van der Waals surface area contributed by atoms with Gasteiger partial charge in [-0.2, -0.15) is 26.3 Å². The third kappa shape index (κ3) is 9.63. The summed E-state index contributed by atoms with van der Waals surface area (Å²) in [7, 11) is 0.500. The van der Waals surface area contributed by atoms with E-state index in [2.05, 4.69) is 0 Å². The molecule has 1 nitrogen and oxygen atoms in total. The van der Waals surface area contributed by atoms with Gasteiger partial charge in [-0.05, 0) is 48.9 Å². The predicted molar refractivity (Wildman–Crippen MR) is 110 cm³/mol. The van der Waals surface area contributed by atoms with Gasteiger partial charge >= 0.3 is 12.4 Å². The van der Waals surface area contributed by atoms with Gasteiger partial charge in [0, 0.05) is 6.92 Å². The van der Waals surface area contributed by atoms with Gasteiger partial charge in [0.05, 0.1) is 7.18 Å². The molecule has 2 aliphatic rings. The van der Waals surface area contributed by atoms with E-state index in [1.165, 1.54) is 0 Å². The Morgan fingerprint density at radius 2 is 1.09 bits per heavy atom. The van der Waals surface area contributed by atoms with Crippen LogP contribution < -0.4 is 0 Å². The van der Waals surface area contributed by atoms with Crippen molar-refractivity contribution in [1.82, 2.24) is 0 Å². The van der Waals surface area contributed by atoms with E-state index in [1.54, 1.807) is 0 Å². The molecule has 0 radical (unpaired) electrons. The van der Waals surface area contributed by atoms with E-state index >= 15 is 0 Å². The van der Waals surface area contributed by atoms with Gasteiger partial charge < -0.3 is 5.11 Å². The highest BCUT2D eigenvalue weighted by atomic mass is 19.4. The summed E-state index contributed by atoms with van der Waals surface area (Å²) in [6.07, 6.45) is -11.6. The maximum Gasteiger partial charge on any atom is 0.426 e. The molecule has 2 aliphatic carbocycles. The van der Waals surface area contributed by atoms with E-state index in [-0.39, 0.29) is 47.5 Å². The zero-order valence-corrected chi connectivity index (χ0v) is 15.9. The summed E-state index contributed by atoms with van der Waals surface area (Å²) in [5, 5.41) is 9.28. The maximum absolute atomic E-state index is 12.7. The van der Waals surface area contributed by atoms with Gasteiger partial charge in [-0.3, -0.25) is 4.39 Å². The van der Waals surface area contributed by atoms with Gasteiger partial charge in [-0.15, -0.1) is 0 Å². The van der Waals surface area contributed by atoms with Crippen LogP contribution in [0, 0.1) is 29.6 Å². The minimum absolute atomic E-state index is 0. The quantitative estimate of drug-likeness (QED) is 0.384. The van der Waals surface area contributed by atoms with Gasteiger partial charge in [-0.1, -0.05) is 43.6 Å². The van der Waals surface area contributed by atoms with Gasteiger partial charge in [0.1, 0.15) is 0 Å². The molecular weight excluding hydrogens is 458 g/mol. The first-order chi connectivity index (χ1) is 12.4. The molecule has 2 saturated carbocycles. The fourth-order valence-electron chi connectivity index (χ4n) is 4.10. The molecule has 0 aromatic carbocycles. The summed E-state index contributed by atoms with van der Waals surface area (Å²) < 4.78 is 119. The first kappa shape index (κ1) is 41.5. The van der Waals surface area contributed by atoms with Gasteiger partial charge in [-0.25, -0.2) is 13.2 Å². The van der Waals surface area contributed by atoms with Gasteiger partial charge in [0.25, 0.3) is 11.5 Å². The largest absolute Gasteiger partial charge is 0.426 e. The topological polar surface area (TPSA) is 20.2 Å². The van der Waals surface area contributed by atoms with Crippen LogP contribution in [0.5, 0.6) is 0 Å². The van der Waals surface area contributed by atoms with Gasteiger partial charge in [0.2, 0.25) is 0 Å². The Morgan fingerprint density at radius 3 is 1.31 bits per heavy atom. The molecule has 5 unspecified atom stereocenters. The lowest BCUT2D eigenvalue weighted by Gasteiger charge is -2.39. The first-order valence-corrected chi connectivity index (χ1v) is 8.62. The van der Waals surface area contributed by atoms with E-state index in [4.69, 9.17) is 0 Å². The van der Waals surface area contributed by atoms with Crippen molar-refractivity contribution in [3.8, 4) is 0 Å². The smallest absolute Gasteiger partial charge is 0.374 e. The van der Waals surface area contributed by atoms with Crippen molar-refractivity contribution in [2.45, 2.75) is 93.6 Å². The van der Waals surface area contributed by atoms with Crippen LogP contribution in [0.4, 0.5) is 43.9 Å². The van der Waals surface area contributed by atoms with Crippen LogP contribution in [-0.4, -0.2) is 42.8 Å². The molecule has 32 heavy (non-hydrogen) atoms. The third-order valence-electron chi connectivity index (χ3n) is 5.76. The summed E-state index contributed by atoms with van der Waals surface area (Å²) >= 11 is 0. The molecule has 5 atom stereocenters. The summed E-state index contributed by atoms with van der Waals surface area (Å²) in [6, 6.07) is 0. The normalized spacial score (nSPS) is 26.5. The highest BCUT2D eigenvalue weighted by Gasteiger charge is 2.71. The van der Waals surface area contributed by atoms with E-state index in [0.29, 0.717) is 32.9 Å². The van der Waals surface area contributed by atoms with E-state index < -0.39 is 42.9 Å². The molecule has 0 saturated heterocycles. The standard InChI is InChI=1S/C13H18F6O.C3H5F3.CH3F.4CH4/c1-6-7(2)10-4-8(6)3-9(10)5-11(20,12(14,15)16)13(17,18)19;1-3(5,6)2-4;1-2;;;;/h6-10,20H,3-5H2,1-2H3;2H2,1H3;1H3;4*1H4. The van der Waals surface area contributed by atoms with Crippen molar-refractivity contribution < 1.29 is 49.0 Å². The number of halogens is 10. The Kier molecular flexibility index (Phi) is 18.8. The van der Waals surface area contributed by atoms with Crippen LogP contribution in [0.3, 0.4) is 0 Å². The molecular formula is C21H42F10O. The molecule has 2 rings (SSSR count). The Hall–Kier alpha value is -0.740. The summed E-state index contributed by atoms with van der Waals surface area (Å²) in [6.45, 7) is 2.84. The van der Waals surface area contributed by atoms with Crippen LogP contribution in [0.1, 0.15) is 69.7 Å². The molecule has 0 aliphatic heterocycles. The second kappa shape index (κ2) is 14.5. The molecule has 202 valence electrons. The minimum Gasteiger partial charge on any atom is -0.374 e. The van der Waals surface area contributed by atoms with Crippen molar-refractivity contribution in [2.24, 2.45) is 29.6 Å². The number of fused-ring (bicyclic) bond motifs is 2. The Labute approximate surface area is 187 Å². The first-order valence-electron chi connectivity index (χ1n) is 8.62. The number of rotatable bonds is 3. The van der Waals surface area contributed by atoms with Crippen molar-refractivity contribution in [2.75, 3.05) is 13.9 Å². The molecule has 0 amide bonds. The third-order valence-corrected chi connectivity index (χ3v) is 5.76. The van der Waals surface area contributed by atoms with Crippen LogP contribution in [0.15, 0.2) is 0 Å². The predicted octanol–water partition coefficient (Wildman–Crippen LogP) is 8.90. The lowest BCUT2D eigenvalue weighted by atomic mass is 9.72. The van der Waals surface area contributed by atoms with E-state index in [1.807, 2.05) is 13.8 Å². The highest BCUT2D eigenvalue weighted by Crippen LogP contribution is 2.59. The lowest BCUT2D eigenvalue weighted by molar-refractivity contribution is -0.373. The second-order valence-corrected chi connectivity index (χ2v) is 7.64. The zero-order chi connectivity index (χ0) is 22.7. The van der Waals surface area contributed by atoms with Crippen LogP contribution in [0.2, 0.25) is 0 Å². The average Bonchev–Trinajstić information content (AvgIpc) is 3.07. The number of hydrogen-bond donors (Lipinski definition) is 1. The minimum atomic E-state index is -5.69. The molecule has 1 N–H and O–H groups in total. The molecule has 0 heterocycles. The van der Waals surface area contributed by atoms with E-state index in [0.717, 1.165) is 0 Å².